The van der Waals surface area contributed by atoms with Crippen LogP contribution in [0, 0.1) is 0 Å². The fourth-order valence-electron chi connectivity index (χ4n) is 3.71. The average Bonchev–Trinajstić information content (AvgIpc) is 2.79. The van der Waals surface area contributed by atoms with Crippen molar-refractivity contribution in [1.29, 1.82) is 0 Å². The highest BCUT2D eigenvalue weighted by Crippen LogP contribution is 2.25. The lowest BCUT2D eigenvalue weighted by Crippen LogP contribution is -2.36. The van der Waals surface area contributed by atoms with Gasteiger partial charge < -0.3 is 15.0 Å². The Balaban J connectivity index is 1.51. The summed E-state index contributed by atoms with van der Waals surface area (Å²) in [6, 6.07) is 22.4. The molecule has 0 atom stereocenters. The van der Waals surface area contributed by atoms with Gasteiger partial charge in [0.15, 0.2) is 0 Å². The summed E-state index contributed by atoms with van der Waals surface area (Å²) in [6.07, 6.45) is 0.801. The van der Waals surface area contributed by atoms with Gasteiger partial charge in [-0.1, -0.05) is 36.4 Å². The van der Waals surface area contributed by atoms with E-state index in [0.29, 0.717) is 42.3 Å². The van der Waals surface area contributed by atoms with E-state index in [0.717, 1.165) is 12.0 Å². The summed E-state index contributed by atoms with van der Waals surface area (Å²) >= 11 is 0. The molecule has 30 heavy (non-hydrogen) atoms. The lowest BCUT2D eigenvalue weighted by molar-refractivity contribution is 0.0734. The number of para-hydroxylation sites is 1. The first-order valence-electron chi connectivity index (χ1n) is 10.1. The van der Waals surface area contributed by atoms with E-state index in [-0.39, 0.29) is 11.8 Å². The topological polar surface area (TPSA) is 58.6 Å². The molecule has 0 spiro atoms. The molecular formula is C25H24N2O3. The minimum atomic E-state index is -0.216. The van der Waals surface area contributed by atoms with Gasteiger partial charge in [-0.25, -0.2) is 0 Å². The SMILES string of the molecule is CCOc1ccccc1C(=O)Nc1ccc2c(c1)CN(C(=O)c1ccccc1)CC2. The van der Waals surface area contributed by atoms with Crippen molar-refractivity contribution in [2.24, 2.45) is 0 Å². The zero-order valence-electron chi connectivity index (χ0n) is 16.9. The zero-order chi connectivity index (χ0) is 20.9. The molecule has 0 unspecified atom stereocenters. The largest absolute Gasteiger partial charge is 0.493 e. The highest BCUT2D eigenvalue weighted by Gasteiger charge is 2.22. The molecule has 152 valence electrons. The van der Waals surface area contributed by atoms with Gasteiger partial charge in [-0.3, -0.25) is 9.59 Å². The van der Waals surface area contributed by atoms with Crippen LogP contribution >= 0.6 is 0 Å². The summed E-state index contributed by atoms with van der Waals surface area (Å²) in [5, 5.41) is 2.96. The van der Waals surface area contributed by atoms with Crippen molar-refractivity contribution in [3.05, 3.63) is 95.1 Å². The van der Waals surface area contributed by atoms with E-state index in [1.165, 1.54) is 5.56 Å². The van der Waals surface area contributed by atoms with Crippen molar-refractivity contribution >= 4 is 17.5 Å². The number of hydrogen-bond acceptors (Lipinski definition) is 3. The number of amides is 2. The molecule has 5 nitrogen and oxygen atoms in total. The van der Waals surface area contributed by atoms with Crippen molar-refractivity contribution in [3.8, 4) is 5.75 Å². The lowest BCUT2D eigenvalue weighted by Gasteiger charge is -2.29. The van der Waals surface area contributed by atoms with Gasteiger partial charge >= 0.3 is 0 Å². The molecule has 1 aliphatic rings. The third kappa shape index (κ3) is 4.20. The number of carbonyl (C=O) groups is 2. The summed E-state index contributed by atoms with van der Waals surface area (Å²) < 4.78 is 5.56. The van der Waals surface area contributed by atoms with Gasteiger partial charge in [0, 0.05) is 24.3 Å². The second-order valence-electron chi connectivity index (χ2n) is 7.21. The molecule has 2 amide bonds. The first-order valence-corrected chi connectivity index (χ1v) is 10.1. The molecular weight excluding hydrogens is 376 g/mol. The van der Waals surface area contributed by atoms with Crippen LogP contribution in [0.3, 0.4) is 0 Å². The fraction of sp³-hybridized carbons (Fsp3) is 0.200. The third-order valence-corrected chi connectivity index (χ3v) is 5.22. The van der Waals surface area contributed by atoms with Crippen LogP contribution < -0.4 is 10.1 Å². The van der Waals surface area contributed by atoms with Gasteiger partial charge in [-0.05, 0) is 60.9 Å². The summed E-state index contributed by atoms with van der Waals surface area (Å²) in [5.41, 5.74) is 4.16. The minimum Gasteiger partial charge on any atom is -0.493 e. The van der Waals surface area contributed by atoms with Crippen LogP contribution in [0.5, 0.6) is 5.75 Å². The molecule has 5 heteroatoms. The Morgan fingerprint density at radius 1 is 0.967 bits per heavy atom. The van der Waals surface area contributed by atoms with Crippen molar-refractivity contribution in [1.82, 2.24) is 4.90 Å². The van der Waals surface area contributed by atoms with Gasteiger partial charge in [0.05, 0.1) is 12.2 Å². The summed E-state index contributed by atoms with van der Waals surface area (Å²) in [4.78, 5) is 27.4. The predicted molar refractivity (Wildman–Crippen MR) is 117 cm³/mol. The molecule has 0 saturated heterocycles. The van der Waals surface area contributed by atoms with Crippen LogP contribution in [0.15, 0.2) is 72.8 Å². The molecule has 3 aromatic rings. The minimum absolute atomic E-state index is 0.0290. The summed E-state index contributed by atoms with van der Waals surface area (Å²) in [7, 11) is 0. The first-order chi connectivity index (χ1) is 14.7. The van der Waals surface area contributed by atoms with Crippen LogP contribution in [0.2, 0.25) is 0 Å². The highest BCUT2D eigenvalue weighted by molar-refractivity contribution is 6.06. The standard InChI is InChI=1S/C25H24N2O3/c1-2-30-23-11-7-6-10-22(23)24(28)26-21-13-12-18-14-15-27(17-20(18)16-21)25(29)19-8-4-3-5-9-19/h3-13,16H,2,14-15,17H2,1H3,(H,26,28). The van der Waals surface area contributed by atoms with Gasteiger partial charge in [-0.15, -0.1) is 0 Å². The Morgan fingerprint density at radius 2 is 1.73 bits per heavy atom. The van der Waals surface area contributed by atoms with Crippen LogP contribution in [-0.4, -0.2) is 29.9 Å². The van der Waals surface area contributed by atoms with Crippen LogP contribution in [0.25, 0.3) is 0 Å². The normalized spacial score (nSPS) is 12.8. The smallest absolute Gasteiger partial charge is 0.259 e. The maximum absolute atomic E-state index is 12.8. The quantitative estimate of drug-likeness (QED) is 0.684. The molecule has 0 saturated carbocycles. The Morgan fingerprint density at radius 3 is 2.53 bits per heavy atom. The van der Waals surface area contributed by atoms with Crippen LogP contribution in [0.1, 0.15) is 38.8 Å². The number of hydrogen-bond donors (Lipinski definition) is 1. The number of ether oxygens (including phenoxy) is 1. The molecule has 1 N–H and O–H groups in total. The van der Waals surface area contributed by atoms with Gasteiger partial charge in [0.25, 0.3) is 11.8 Å². The second-order valence-corrected chi connectivity index (χ2v) is 7.21. The monoisotopic (exact) mass is 400 g/mol. The molecule has 0 radical (unpaired) electrons. The highest BCUT2D eigenvalue weighted by atomic mass is 16.5. The predicted octanol–water partition coefficient (Wildman–Crippen LogP) is 4.54. The molecule has 0 aliphatic carbocycles. The average molecular weight is 400 g/mol. The van der Waals surface area contributed by atoms with Crippen molar-refractivity contribution in [3.63, 3.8) is 0 Å². The Labute approximate surface area is 176 Å². The Hall–Kier alpha value is -3.60. The summed E-state index contributed by atoms with van der Waals surface area (Å²) in [6.45, 7) is 3.60. The number of anilines is 1. The second kappa shape index (κ2) is 8.82. The maximum atomic E-state index is 12.8. The lowest BCUT2D eigenvalue weighted by atomic mass is 9.98. The van der Waals surface area contributed by atoms with E-state index in [1.54, 1.807) is 12.1 Å². The van der Waals surface area contributed by atoms with E-state index in [9.17, 15) is 9.59 Å². The van der Waals surface area contributed by atoms with E-state index >= 15 is 0 Å². The van der Waals surface area contributed by atoms with E-state index in [4.69, 9.17) is 4.74 Å². The number of nitrogens with one attached hydrogen (secondary N) is 1. The van der Waals surface area contributed by atoms with Gasteiger partial charge in [0.1, 0.15) is 5.75 Å². The molecule has 0 aromatic heterocycles. The molecule has 1 heterocycles. The van der Waals surface area contributed by atoms with E-state index in [1.807, 2.05) is 72.5 Å². The van der Waals surface area contributed by atoms with Crippen molar-refractivity contribution < 1.29 is 14.3 Å². The number of fused-ring (bicyclic) bond motifs is 1. The van der Waals surface area contributed by atoms with Crippen LogP contribution in [0.4, 0.5) is 5.69 Å². The van der Waals surface area contributed by atoms with E-state index in [2.05, 4.69) is 5.32 Å². The van der Waals surface area contributed by atoms with Gasteiger partial charge in [-0.2, -0.15) is 0 Å². The third-order valence-electron chi connectivity index (χ3n) is 5.22. The fourth-order valence-corrected chi connectivity index (χ4v) is 3.71. The first kappa shape index (κ1) is 19.7. The number of nitrogens with zero attached hydrogens (tertiary/aromatic N) is 1. The number of benzene rings is 3. The zero-order valence-corrected chi connectivity index (χ0v) is 16.9. The maximum Gasteiger partial charge on any atom is 0.259 e. The molecule has 3 aromatic carbocycles. The van der Waals surface area contributed by atoms with E-state index < -0.39 is 0 Å². The van der Waals surface area contributed by atoms with Crippen LogP contribution in [-0.2, 0) is 13.0 Å². The molecule has 0 fully saturated rings. The molecule has 4 rings (SSSR count). The Kier molecular flexibility index (Phi) is 5.80. The molecule has 1 aliphatic heterocycles. The molecule has 0 bridgehead atoms. The van der Waals surface area contributed by atoms with Gasteiger partial charge in [0.2, 0.25) is 0 Å². The Bertz CT molecular complexity index is 1060. The number of carbonyl (C=O) groups excluding carboxylic acids is 2. The van der Waals surface area contributed by atoms with Crippen molar-refractivity contribution in [2.45, 2.75) is 19.9 Å². The van der Waals surface area contributed by atoms with Crippen molar-refractivity contribution in [2.75, 3.05) is 18.5 Å². The number of rotatable bonds is 5. The summed E-state index contributed by atoms with van der Waals surface area (Å²) in [5.74, 6) is 0.378.